The molecule has 4 aromatic rings. The van der Waals surface area contributed by atoms with Gasteiger partial charge in [0.05, 0.1) is 17.5 Å². The van der Waals surface area contributed by atoms with Crippen molar-refractivity contribution in [3.8, 4) is 0 Å². The van der Waals surface area contributed by atoms with Gasteiger partial charge in [0.2, 0.25) is 5.91 Å². The number of nitrogens with one attached hydrogen (secondary N) is 1. The van der Waals surface area contributed by atoms with Gasteiger partial charge in [-0.1, -0.05) is 54.1 Å². The monoisotopic (exact) mass is 383 g/mol. The van der Waals surface area contributed by atoms with Crippen LogP contribution in [-0.2, 0) is 31.1 Å². The third-order valence-electron chi connectivity index (χ3n) is 5.21. The van der Waals surface area contributed by atoms with Gasteiger partial charge in [-0.2, -0.15) is 0 Å². The number of benzene rings is 3. The summed E-state index contributed by atoms with van der Waals surface area (Å²) < 4.78 is 2.16. The SMILES string of the molecule is Cc1ccc(CC(=O)Nc2cccc(CCc3nc4ccccc4n3C)c2)cc1. The molecule has 4 rings (SSSR count). The molecule has 29 heavy (non-hydrogen) atoms. The molecule has 0 bridgehead atoms. The zero-order valence-electron chi connectivity index (χ0n) is 16.9. The quantitative estimate of drug-likeness (QED) is 0.517. The largest absolute Gasteiger partial charge is 0.331 e. The Hall–Kier alpha value is -3.40. The number of carbonyl (C=O) groups is 1. The van der Waals surface area contributed by atoms with Crippen molar-refractivity contribution in [2.24, 2.45) is 7.05 Å². The molecule has 1 aromatic heterocycles. The van der Waals surface area contributed by atoms with Gasteiger partial charge in [-0.3, -0.25) is 4.79 Å². The summed E-state index contributed by atoms with van der Waals surface area (Å²) in [5, 5.41) is 3.02. The predicted octanol–water partition coefficient (Wildman–Crippen LogP) is 4.85. The van der Waals surface area contributed by atoms with Gasteiger partial charge in [-0.15, -0.1) is 0 Å². The Labute approximate surface area is 171 Å². The summed E-state index contributed by atoms with van der Waals surface area (Å²) in [7, 11) is 2.06. The molecule has 0 saturated carbocycles. The Kier molecular flexibility index (Phi) is 5.43. The van der Waals surface area contributed by atoms with Gasteiger partial charge >= 0.3 is 0 Å². The summed E-state index contributed by atoms with van der Waals surface area (Å²) in [6, 6.07) is 24.3. The van der Waals surface area contributed by atoms with Crippen LogP contribution >= 0.6 is 0 Å². The van der Waals surface area contributed by atoms with Crippen molar-refractivity contribution < 1.29 is 4.79 Å². The Morgan fingerprint density at radius 2 is 1.72 bits per heavy atom. The van der Waals surface area contributed by atoms with E-state index in [2.05, 4.69) is 35.1 Å². The van der Waals surface area contributed by atoms with Gasteiger partial charge in [0.1, 0.15) is 5.82 Å². The van der Waals surface area contributed by atoms with Crippen molar-refractivity contribution in [1.29, 1.82) is 0 Å². The Bertz CT molecular complexity index is 1140. The van der Waals surface area contributed by atoms with E-state index >= 15 is 0 Å². The fourth-order valence-corrected chi connectivity index (χ4v) is 3.58. The number of para-hydroxylation sites is 2. The van der Waals surface area contributed by atoms with Crippen LogP contribution in [0.1, 0.15) is 22.5 Å². The van der Waals surface area contributed by atoms with E-state index < -0.39 is 0 Å². The van der Waals surface area contributed by atoms with E-state index in [0.717, 1.165) is 41.0 Å². The smallest absolute Gasteiger partial charge is 0.228 e. The van der Waals surface area contributed by atoms with Gasteiger partial charge in [0.15, 0.2) is 0 Å². The molecule has 0 aliphatic rings. The first kappa shape index (κ1) is 18.9. The lowest BCUT2D eigenvalue weighted by molar-refractivity contribution is -0.115. The number of hydrogen-bond donors (Lipinski definition) is 1. The standard InChI is InChI=1S/C25H25N3O/c1-18-10-12-20(13-11-18)17-25(29)26-21-7-5-6-19(16-21)14-15-24-27-22-8-3-4-9-23(22)28(24)2/h3-13,16H,14-15,17H2,1-2H3,(H,26,29). The van der Waals surface area contributed by atoms with Crippen LogP contribution in [0.15, 0.2) is 72.8 Å². The topological polar surface area (TPSA) is 46.9 Å². The number of carbonyl (C=O) groups excluding carboxylic acids is 1. The van der Waals surface area contributed by atoms with E-state index in [9.17, 15) is 4.79 Å². The van der Waals surface area contributed by atoms with Crippen molar-refractivity contribution in [2.75, 3.05) is 5.32 Å². The molecule has 0 radical (unpaired) electrons. The van der Waals surface area contributed by atoms with Crippen LogP contribution in [0.3, 0.4) is 0 Å². The third kappa shape index (κ3) is 4.54. The van der Waals surface area contributed by atoms with Crippen LogP contribution in [0.25, 0.3) is 11.0 Å². The van der Waals surface area contributed by atoms with E-state index in [0.29, 0.717) is 6.42 Å². The summed E-state index contributed by atoms with van der Waals surface area (Å²) >= 11 is 0. The molecule has 4 heteroatoms. The molecule has 0 saturated heterocycles. The van der Waals surface area contributed by atoms with Gasteiger partial charge in [-0.25, -0.2) is 4.98 Å². The van der Waals surface area contributed by atoms with E-state index in [1.807, 2.05) is 61.5 Å². The van der Waals surface area contributed by atoms with E-state index in [4.69, 9.17) is 4.98 Å². The highest BCUT2D eigenvalue weighted by molar-refractivity contribution is 5.92. The molecule has 0 atom stereocenters. The van der Waals surface area contributed by atoms with E-state index in [1.54, 1.807) is 0 Å². The molecule has 3 aromatic carbocycles. The molecular weight excluding hydrogens is 358 g/mol. The highest BCUT2D eigenvalue weighted by atomic mass is 16.1. The van der Waals surface area contributed by atoms with Crippen molar-refractivity contribution in [3.05, 3.63) is 95.3 Å². The number of imidazole rings is 1. The Morgan fingerprint density at radius 1 is 0.931 bits per heavy atom. The van der Waals surface area contributed by atoms with Crippen LogP contribution < -0.4 is 5.32 Å². The summed E-state index contributed by atoms with van der Waals surface area (Å²) in [5.74, 6) is 1.07. The first-order valence-electron chi connectivity index (χ1n) is 9.93. The first-order valence-corrected chi connectivity index (χ1v) is 9.93. The van der Waals surface area contributed by atoms with Gasteiger partial charge in [0, 0.05) is 19.2 Å². The van der Waals surface area contributed by atoms with Crippen molar-refractivity contribution in [2.45, 2.75) is 26.2 Å². The van der Waals surface area contributed by atoms with Crippen LogP contribution in [0.5, 0.6) is 0 Å². The van der Waals surface area contributed by atoms with Crippen molar-refractivity contribution in [1.82, 2.24) is 9.55 Å². The Morgan fingerprint density at radius 3 is 2.52 bits per heavy atom. The minimum atomic E-state index is 0.00125. The van der Waals surface area contributed by atoms with E-state index in [-0.39, 0.29) is 5.91 Å². The number of fused-ring (bicyclic) bond motifs is 1. The molecule has 0 fully saturated rings. The lowest BCUT2D eigenvalue weighted by Gasteiger charge is -2.08. The normalized spacial score (nSPS) is 11.0. The lowest BCUT2D eigenvalue weighted by Crippen LogP contribution is -2.14. The molecule has 146 valence electrons. The Balaban J connectivity index is 1.39. The van der Waals surface area contributed by atoms with Crippen LogP contribution in [0, 0.1) is 6.92 Å². The van der Waals surface area contributed by atoms with Crippen LogP contribution in [0.4, 0.5) is 5.69 Å². The molecule has 0 spiro atoms. The zero-order valence-corrected chi connectivity index (χ0v) is 16.9. The maximum absolute atomic E-state index is 12.4. The average molecular weight is 383 g/mol. The fourth-order valence-electron chi connectivity index (χ4n) is 3.58. The molecule has 0 aliphatic heterocycles. The second kappa shape index (κ2) is 8.31. The predicted molar refractivity (Wildman–Crippen MR) is 118 cm³/mol. The van der Waals surface area contributed by atoms with Gasteiger partial charge < -0.3 is 9.88 Å². The van der Waals surface area contributed by atoms with E-state index in [1.165, 1.54) is 11.1 Å². The second-order valence-corrected chi connectivity index (χ2v) is 7.49. The minimum absolute atomic E-state index is 0.00125. The number of aryl methyl sites for hydroxylation is 4. The lowest BCUT2D eigenvalue weighted by atomic mass is 10.1. The molecule has 4 nitrogen and oxygen atoms in total. The molecule has 0 unspecified atom stereocenters. The minimum Gasteiger partial charge on any atom is -0.331 e. The van der Waals surface area contributed by atoms with Gasteiger partial charge in [-0.05, 0) is 48.7 Å². The summed E-state index contributed by atoms with van der Waals surface area (Å²) in [6.45, 7) is 2.04. The molecule has 0 aliphatic carbocycles. The summed E-state index contributed by atoms with van der Waals surface area (Å²) in [4.78, 5) is 17.1. The summed E-state index contributed by atoms with van der Waals surface area (Å²) in [6.07, 6.45) is 2.11. The first-order chi connectivity index (χ1) is 14.1. The number of nitrogens with zero attached hydrogens (tertiary/aromatic N) is 2. The number of hydrogen-bond acceptors (Lipinski definition) is 2. The number of amides is 1. The number of aromatic nitrogens is 2. The maximum atomic E-state index is 12.4. The molecular formula is C25H25N3O. The van der Waals surface area contributed by atoms with Crippen LogP contribution in [0.2, 0.25) is 0 Å². The maximum Gasteiger partial charge on any atom is 0.228 e. The fraction of sp³-hybridized carbons (Fsp3) is 0.200. The zero-order chi connectivity index (χ0) is 20.2. The molecule has 1 heterocycles. The van der Waals surface area contributed by atoms with Gasteiger partial charge in [0.25, 0.3) is 0 Å². The van der Waals surface area contributed by atoms with Crippen LogP contribution in [-0.4, -0.2) is 15.5 Å². The molecule has 1 N–H and O–H groups in total. The number of rotatable bonds is 6. The van der Waals surface area contributed by atoms with Crippen molar-refractivity contribution >= 4 is 22.6 Å². The highest BCUT2D eigenvalue weighted by Gasteiger charge is 2.08. The summed E-state index contributed by atoms with van der Waals surface area (Å²) in [5.41, 5.74) is 6.42. The third-order valence-corrected chi connectivity index (χ3v) is 5.21. The highest BCUT2D eigenvalue weighted by Crippen LogP contribution is 2.17. The second-order valence-electron chi connectivity index (χ2n) is 7.49. The average Bonchev–Trinajstić information content (AvgIpc) is 3.04. The molecule has 1 amide bonds. The van der Waals surface area contributed by atoms with Crippen molar-refractivity contribution in [3.63, 3.8) is 0 Å². The number of anilines is 1.